The van der Waals surface area contributed by atoms with Crippen molar-refractivity contribution < 1.29 is 18.7 Å². The second-order valence-corrected chi connectivity index (χ2v) is 7.23. The molecule has 0 spiro atoms. The summed E-state index contributed by atoms with van der Waals surface area (Å²) >= 11 is 5.90. The van der Waals surface area contributed by atoms with Crippen LogP contribution in [0.25, 0.3) is 11.0 Å². The van der Waals surface area contributed by atoms with Gasteiger partial charge in [0, 0.05) is 32.8 Å². The predicted molar refractivity (Wildman–Crippen MR) is 117 cm³/mol. The molecular formula is C24H18ClNO4. The first-order valence-corrected chi connectivity index (χ1v) is 9.63. The fourth-order valence-corrected chi connectivity index (χ4v) is 3.34. The number of anilines is 1. The topological polar surface area (TPSA) is 68.5 Å². The number of fused-ring (bicyclic) bond motifs is 1. The molecular weight excluding hydrogens is 402 g/mol. The lowest BCUT2D eigenvalue weighted by Gasteiger charge is -2.07. The number of benzene rings is 3. The van der Waals surface area contributed by atoms with E-state index >= 15 is 0 Å². The van der Waals surface area contributed by atoms with E-state index in [0.717, 1.165) is 5.39 Å². The van der Waals surface area contributed by atoms with Crippen molar-refractivity contribution in [2.45, 2.75) is 6.92 Å². The van der Waals surface area contributed by atoms with Crippen molar-refractivity contribution in [3.63, 3.8) is 0 Å². The molecule has 1 heterocycles. The van der Waals surface area contributed by atoms with Gasteiger partial charge in [0.25, 0.3) is 5.91 Å². The summed E-state index contributed by atoms with van der Waals surface area (Å²) in [5.74, 6) is 0.395. The zero-order valence-electron chi connectivity index (χ0n) is 16.4. The highest BCUT2D eigenvalue weighted by Crippen LogP contribution is 2.30. The van der Waals surface area contributed by atoms with Gasteiger partial charge in [-0.3, -0.25) is 9.59 Å². The van der Waals surface area contributed by atoms with Crippen LogP contribution in [0.3, 0.4) is 0 Å². The molecule has 30 heavy (non-hydrogen) atoms. The molecule has 0 bridgehead atoms. The van der Waals surface area contributed by atoms with Crippen molar-refractivity contribution >= 4 is 39.9 Å². The number of hydrogen-bond donors (Lipinski definition) is 1. The Hall–Kier alpha value is -3.57. The molecule has 0 unspecified atom stereocenters. The highest BCUT2D eigenvalue weighted by molar-refractivity contribution is 6.30. The maximum absolute atomic E-state index is 12.8. The van der Waals surface area contributed by atoms with Gasteiger partial charge in [-0.1, -0.05) is 17.7 Å². The second-order valence-electron chi connectivity index (χ2n) is 6.79. The van der Waals surface area contributed by atoms with Gasteiger partial charge in [-0.05, 0) is 67.6 Å². The lowest BCUT2D eigenvalue weighted by molar-refractivity contribution is 0.101. The number of amides is 1. The molecule has 0 atom stereocenters. The summed E-state index contributed by atoms with van der Waals surface area (Å²) in [6, 6.07) is 18.8. The molecule has 0 aliphatic rings. The number of ether oxygens (including phenoxy) is 1. The summed E-state index contributed by atoms with van der Waals surface area (Å²) in [5.41, 5.74) is 2.86. The Labute approximate surface area is 178 Å². The maximum atomic E-state index is 12.8. The van der Waals surface area contributed by atoms with Crippen molar-refractivity contribution in [2.24, 2.45) is 0 Å². The lowest BCUT2D eigenvalue weighted by atomic mass is 10.0. The monoisotopic (exact) mass is 419 g/mol. The fourth-order valence-electron chi connectivity index (χ4n) is 3.22. The van der Waals surface area contributed by atoms with E-state index in [9.17, 15) is 9.59 Å². The molecule has 6 heteroatoms. The van der Waals surface area contributed by atoms with Gasteiger partial charge in [0.05, 0.1) is 7.11 Å². The van der Waals surface area contributed by atoms with E-state index in [0.29, 0.717) is 38.7 Å². The molecule has 1 N–H and O–H groups in total. The summed E-state index contributed by atoms with van der Waals surface area (Å²) in [5, 5.41) is 4.19. The minimum absolute atomic E-state index is 0.220. The van der Waals surface area contributed by atoms with Crippen LogP contribution in [-0.4, -0.2) is 18.8 Å². The van der Waals surface area contributed by atoms with Gasteiger partial charge in [0.1, 0.15) is 11.3 Å². The number of carbonyl (C=O) groups is 2. The van der Waals surface area contributed by atoms with Crippen LogP contribution in [0.4, 0.5) is 5.69 Å². The molecule has 0 radical (unpaired) electrons. The molecule has 150 valence electrons. The van der Waals surface area contributed by atoms with Gasteiger partial charge in [0.2, 0.25) is 5.78 Å². The van der Waals surface area contributed by atoms with Crippen LogP contribution in [0.15, 0.2) is 71.1 Å². The molecule has 0 saturated carbocycles. The molecule has 0 fully saturated rings. The first-order valence-electron chi connectivity index (χ1n) is 9.25. The summed E-state index contributed by atoms with van der Waals surface area (Å²) < 4.78 is 11.0. The average Bonchev–Trinajstić information content (AvgIpc) is 3.10. The minimum Gasteiger partial charge on any atom is -0.497 e. The maximum Gasteiger partial charge on any atom is 0.255 e. The molecule has 0 aliphatic carbocycles. The van der Waals surface area contributed by atoms with Gasteiger partial charge in [0.15, 0.2) is 5.76 Å². The van der Waals surface area contributed by atoms with E-state index in [4.69, 9.17) is 20.8 Å². The minimum atomic E-state index is -0.258. The molecule has 0 saturated heterocycles. The third-order valence-electron chi connectivity index (χ3n) is 4.84. The standard InChI is InChI=1S/C24H18ClNO4/c1-14-20-13-18(26-24(28)16-4-3-5-19(12-16)29-2)10-11-21(20)30-23(14)22(27)15-6-8-17(25)9-7-15/h3-13H,1-2H3,(H,26,28). The molecule has 0 aliphatic heterocycles. The van der Waals surface area contributed by atoms with E-state index in [1.165, 1.54) is 0 Å². The van der Waals surface area contributed by atoms with E-state index in [2.05, 4.69) is 5.32 Å². The zero-order valence-corrected chi connectivity index (χ0v) is 17.1. The van der Waals surface area contributed by atoms with Crippen molar-refractivity contribution in [1.82, 2.24) is 0 Å². The Morgan fingerprint density at radius 3 is 2.47 bits per heavy atom. The Morgan fingerprint density at radius 2 is 1.73 bits per heavy atom. The summed E-state index contributed by atoms with van der Waals surface area (Å²) in [6.45, 7) is 1.82. The van der Waals surface area contributed by atoms with Gasteiger partial charge < -0.3 is 14.5 Å². The number of aryl methyl sites for hydroxylation is 1. The second kappa shape index (κ2) is 8.05. The van der Waals surface area contributed by atoms with Crippen LogP contribution >= 0.6 is 11.6 Å². The van der Waals surface area contributed by atoms with E-state index in [1.807, 2.05) is 6.92 Å². The third-order valence-corrected chi connectivity index (χ3v) is 5.09. The molecule has 1 amide bonds. The van der Waals surface area contributed by atoms with Gasteiger partial charge >= 0.3 is 0 Å². The lowest BCUT2D eigenvalue weighted by Crippen LogP contribution is -2.11. The molecule has 4 aromatic rings. The summed E-state index contributed by atoms with van der Waals surface area (Å²) in [7, 11) is 1.55. The van der Waals surface area contributed by atoms with Gasteiger partial charge in [-0.15, -0.1) is 0 Å². The number of methoxy groups -OCH3 is 1. The van der Waals surface area contributed by atoms with Crippen LogP contribution in [0.1, 0.15) is 32.0 Å². The molecule has 3 aromatic carbocycles. The predicted octanol–water partition coefficient (Wildman–Crippen LogP) is 5.89. The Morgan fingerprint density at radius 1 is 0.967 bits per heavy atom. The molecule has 1 aromatic heterocycles. The van der Waals surface area contributed by atoms with Crippen molar-refractivity contribution in [2.75, 3.05) is 12.4 Å². The van der Waals surface area contributed by atoms with Crippen LogP contribution < -0.4 is 10.1 Å². The van der Waals surface area contributed by atoms with E-state index in [-0.39, 0.29) is 17.5 Å². The first kappa shape index (κ1) is 19.7. The Balaban J connectivity index is 1.63. The number of nitrogens with one attached hydrogen (secondary N) is 1. The third kappa shape index (κ3) is 3.80. The van der Waals surface area contributed by atoms with Gasteiger partial charge in [-0.2, -0.15) is 0 Å². The highest BCUT2D eigenvalue weighted by Gasteiger charge is 2.20. The van der Waals surface area contributed by atoms with Crippen molar-refractivity contribution in [3.8, 4) is 5.75 Å². The SMILES string of the molecule is COc1cccc(C(=O)Nc2ccc3oc(C(=O)c4ccc(Cl)cc4)c(C)c3c2)c1. The molecule has 5 nitrogen and oxygen atoms in total. The van der Waals surface area contributed by atoms with Crippen molar-refractivity contribution in [1.29, 1.82) is 0 Å². The highest BCUT2D eigenvalue weighted by atomic mass is 35.5. The quantitative estimate of drug-likeness (QED) is 0.410. The number of halogens is 1. The van der Waals surface area contributed by atoms with Crippen LogP contribution in [0, 0.1) is 6.92 Å². The number of carbonyl (C=O) groups excluding carboxylic acids is 2. The average molecular weight is 420 g/mol. The molecule has 4 rings (SSSR count). The Kier molecular flexibility index (Phi) is 5.29. The van der Waals surface area contributed by atoms with Crippen molar-refractivity contribution in [3.05, 3.63) is 94.2 Å². The summed E-state index contributed by atoms with van der Waals surface area (Å²) in [6.07, 6.45) is 0. The van der Waals surface area contributed by atoms with Crippen LogP contribution in [-0.2, 0) is 0 Å². The number of furan rings is 1. The zero-order chi connectivity index (χ0) is 21.3. The number of hydrogen-bond acceptors (Lipinski definition) is 4. The largest absolute Gasteiger partial charge is 0.497 e. The van der Waals surface area contributed by atoms with Gasteiger partial charge in [-0.25, -0.2) is 0 Å². The fraction of sp³-hybridized carbons (Fsp3) is 0.0833. The number of rotatable bonds is 5. The first-order chi connectivity index (χ1) is 14.5. The van der Waals surface area contributed by atoms with Crippen LogP contribution in [0.2, 0.25) is 5.02 Å². The van der Waals surface area contributed by atoms with E-state index in [1.54, 1.807) is 73.8 Å². The summed E-state index contributed by atoms with van der Waals surface area (Å²) in [4.78, 5) is 25.4. The smallest absolute Gasteiger partial charge is 0.255 e. The van der Waals surface area contributed by atoms with E-state index < -0.39 is 0 Å². The normalized spacial score (nSPS) is 10.8. The number of ketones is 1. The van der Waals surface area contributed by atoms with Crippen LogP contribution in [0.5, 0.6) is 5.75 Å². The Bertz CT molecular complexity index is 1260.